The molecule has 0 spiro atoms. The minimum Gasteiger partial charge on any atom is -0.350 e. The van der Waals surface area contributed by atoms with Gasteiger partial charge < -0.3 is 10.6 Å². The lowest BCUT2D eigenvalue weighted by atomic mass is 10.2. The highest BCUT2D eigenvalue weighted by atomic mass is 32.1. The van der Waals surface area contributed by atoms with Gasteiger partial charge in [0.05, 0.1) is 16.3 Å². The molecule has 0 bridgehead atoms. The van der Waals surface area contributed by atoms with Crippen molar-refractivity contribution in [3.05, 3.63) is 82.9 Å². The first-order valence-electron chi connectivity index (χ1n) is 9.70. The molecule has 4 rings (SSSR count). The predicted molar refractivity (Wildman–Crippen MR) is 119 cm³/mol. The summed E-state index contributed by atoms with van der Waals surface area (Å²) in [4.78, 5) is 26.6. The van der Waals surface area contributed by atoms with Crippen LogP contribution < -0.4 is 10.6 Å². The second-order valence-electron chi connectivity index (χ2n) is 7.06. The number of fused-ring (bicyclic) bond motifs is 1. The third-order valence-electron chi connectivity index (χ3n) is 4.82. The molecule has 0 radical (unpaired) electrons. The Morgan fingerprint density at radius 1 is 1.07 bits per heavy atom. The molecule has 0 saturated heterocycles. The molecule has 0 aliphatic rings. The quantitative estimate of drug-likeness (QED) is 0.500. The maximum absolute atomic E-state index is 12.8. The number of benzene rings is 2. The summed E-state index contributed by atoms with van der Waals surface area (Å²) in [5, 5.41) is 11.2. The zero-order chi connectivity index (χ0) is 21.1. The Kier molecular flexibility index (Phi) is 5.63. The third-order valence-corrected chi connectivity index (χ3v) is 5.93. The largest absolute Gasteiger partial charge is 0.350 e. The van der Waals surface area contributed by atoms with Crippen LogP contribution in [0, 0.1) is 6.92 Å². The van der Waals surface area contributed by atoms with Gasteiger partial charge in [-0.3, -0.25) is 9.59 Å². The van der Waals surface area contributed by atoms with Crippen LogP contribution in [-0.2, 0) is 11.3 Å². The first-order chi connectivity index (χ1) is 14.5. The first-order valence-corrected chi connectivity index (χ1v) is 10.5. The van der Waals surface area contributed by atoms with E-state index in [1.807, 2.05) is 78.3 Å². The van der Waals surface area contributed by atoms with Crippen LogP contribution in [0.3, 0.4) is 0 Å². The minimum absolute atomic E-state index is 0.222. The highest BCUT2D eigenvalue weighted by Gasteiger charge is 2.20. The zero-order valence-corrected chi connectivity index (χ0v) is 17.6. The molecule has 1 atom stereocenters. The van der Waals surface area contributed by atoms with E-state index in [1.165, 1.54) is 11.3 Å². The van der Waals surface area contributed by atoms with Gasteiger partial charge in [0.25, 0.3) is 5.91 Å². The highest BCUT2D eigenvalue weighted by Crippen LogP contribution is 2.30. The Hall–Kier alpha value is -3.45. The average molecular weight is 419 g/mol. The Bertz CT molecular complexity index is 1180. The molecule has 2 amide bonds. The lowest BCUT2D eigenvalue weighted by Gasteiger charge is -2.13. The van der Waals surface area contributed by atoms with E-state index in [-0.39, 0.29) is 11.8 Å². The molecule has 0 aliphatic carbocycles. The van der Waals surface area contributed by atoms with Crippen LogP contribution in [0.15, 0.2) is 66.7 Å². The van der Waals surface area contributed by atoms with Gasteiger partial charge in [0, 0.05) is 11.9 Å². The number of aromatic nitrogens is 2. The van der Waals surface area contributed by atoms with Crippen LogP contribution in [0.25, 0.3) is 15.9 Å². The van der Waals surface area contributed by atoms with E-state index in [1.54, 1.807) is 6.92 Å². The summed E-state index contributed by atoms with van der Waals surface area (Å²) in [7, 11) is 0. The summed E-state index contributed by atoms with van der Waals surface area (Å²) >= 11 is 1.37. The molecule has 2 aromatic carbocycles. The number of rotatable bonds is 6. The summed E-state index contributed by atoms with van der Waals surface area (Å²) in [6, 6.07) is 20.7. The SMILES string of the molecule is Cc1nn(-c2ccccc2)c2sc(C(=O)NC(C)C(=O)NCc3ccccc3)cc12. The first kappa shape index (κ1) is 19.8. The number of hydrogen-bond donors (Lipinski definition) is 2. The molecule has 6 nitrogen and oxygen atoms in total. The number of nitrogens with zero attached hydrogens (tertiary/aromatic N) is 2. The van der Waals surface area contributed by atoms with E-state index in [9.17, 15) is 9.59 Å². The van der Waals surface area contributed by atoms with Crippen LogP contribution in [0.4, 0.5) is 0 Å². The number of para-hydroxylation sites is 1. The normalized spacial score (nSPS) is 11.9. The summed E-state index contributed by atoms with van der Waals surface area (Å²) < 4.78 is 1.85. The lowest BCUT2D eigenvalue weighted by Crippen LogP contribution is -2.44. The van der Waals surface area contributed by atoms with Gasteiger partial charge in [0.1, 0.15) is 10.9 Å². The van der Waals surface area contributed by atoms with Crippen molar-refractivity contribution < 1.29 is 9.59 Å². The van der Waals surface area contributed by atoms with Gasteiger partial charge in [-0.05, 0) is 37.6 Å². The summed E-state index contributed by atoms with van der Waals surface area (Å²) in [5.74, 6) is -0.488. The van der Waals surface area contributed by atoms with Gasteiger partial charge in [0.2, 0.25) is 5.91 Å². The fraction of sp³-hybridized carbons (Fsp3) is 0.174. The van der Waals surface area contributed by atoms with Crippen molar-refractivity contribution in [2.24, 2.45) is 0 Å². The van der Waals surface area contributed by atoms with Crippen LogP contribution in [0.1, 0.15) is 27.9 Å². The molecular weight excluding hydrogens is 396 g/mol. The average Bonchev–Trinajstić information content (AvgIpc) is 3.34. The summed E-state index contributed by atoms with van der Waals surface area (Å²) in [6.45, 7) is 4.03. The molecule has 0 fully saturated rings. The van der Waals surface area contributed by atoms with E-state index in [2.05, 4.69) is 15.7 Å². The maximum atomic E-state index is 12.8. The van der Waals surface area contributed by atoms with Crippen molar-refractivity contribution in [2.75, 3.05) is 0 Å². The fourth-order valence-electron chi connectivity index (χ4n) is 3.17. The van der Waals surface area contributed by atoms with Crippen LogP contribution >= 0.6 is 11.3 Å². The van der Waals surface area contributed by atoms with Gasteiger partial charge in [0.15, 0.2) is 0 Å². The second kappa shape index (κ2) is 8.51. The Morgan fingerprint density at radius 2 is 1.73 bits per heavy atom. The van der Waals surface area contributed by atoms with Crippen LogP contribution in [0.2, 0.25) is 0 Å². The Balaban J connectivity index is 1.46. The van der Waals surface area contributed by atoms with E-state index >= 15 is 0 Å². The number of carbonyl (C=O) groups excluding carboxylic acids is 2. The minimum atomic E-state index is -0.641. The Morgan fingerprint density at radius 3 is 2.43 bits per heavy atom. The van der Waals surface area contributed by atoms with Crippen LogP contribution in [0.5, 0.6) is 0 Å². The number of nitrogens with one attached hydrogen (secondary N) is 2. The van der Waals surface area contributed by atoms with Crippen molar-refractivity contribution in [3.63, 3.8) is 0 Å². The molecule has 1 unspecified atom stereocenters. The van der Waals surface area contributed by atoms with Gasteiger partial charge >= 0.3 is 0 Å². The summed E-state index contributed by atoms with van der Waals surface area (Å²) in [6.07, 6.45) is 0. The van der Waals surface area contributed by atoms with E-state index in [0.717, 1.165) is 27.2 Å². The number of thiophene rings is 1. The molecule has 2 N–H and O–H groups in total. The highest BCUT2D eigenvalue weighted by molar-refractivity contribution is 7.20. The zero-order valence-electron chi connectivity index (χ0n) is 16.8. The molecule has 2 heterocycles. The van der Waals surface area contributed by atoms with Crippen molar-refractivity contribution >= 4 is 33.4 Å². The van der Waals surface area contributed by atoms with Crippen molar-refractivity contribution in [3.8, 4) is 5.69 Å². The van der Waals surface area contributed by atoms with Crippen molar-refractivity contribution in [1.82, 2.24) is 20.4 Å². The number of carbonyl (C=O) groups is 2. The van der Waals surface area contributed by atoms with E-state index in [4.69, 9.17) is 0 Å². The second-order valence-corrected chi connectivity index (χ2v) is 8.09. The van der Waals surface area contributed by atoms with Gasteiger partial charge in [-0.2, -0.15) is 5.10 Å². The van der Waals surface area contributed by atoms with Gasteiger partial charge in [-0.1, -0.05) is 48.5 Å². The lowest BCUT2D eigenvalue weighted by molar-refractivity contribution is -0.122. The molecule has 7 heteroatoms. The molecule has 2 aromatic heterocycles. The topological polar surface area (TPSA) is 76.0 Å². The fourth-order valence-corrected chi connectivity index (χ4v) is 4.26. The maximum Gasteiger partial charge on any atom is 0.262 e. The number of aryl methyl sites for hydroxylation is 1. The smallest absolute Gasteiger partial charge is 0.262 e. The van der Waals surface area contributed by atoms with E-state index in [0.29, 0.717) is 11.4 Å². The number of hydrogen-bond acceptors (Lipinski definition) is 4. The molecule has 0 saturated carbocycles. The molecule has 4 aromatic rings. The molecule has 152 valence electrons. The third kappa shape index (κ3) is 4.11. The molecular formula is C23H22N4O2S. The molecule has 30 heavy (non-hydrogen) atoms. The Labute approximate surface area is 178 Å². The standard InChI is InChI=1S/C23H22N4O2S/c1-15-19-13-20(30-23(19)27(26-15)18-11-7-4-8-12-18)22(29)25-16(2)21(28)24-14-17-9-5-3-6-10-17/h3-13,16H,14H2,1-2H3,(H,24,28)(H,25,29). The van der Waals surface area contributed by atoms with Crippen molar-refractivity contribution in [1.29, 1.82) is 0 Å². The monoisotopic (exact) mass is 418 g/mol. The number of amides is 2. The van der Waals surface area contributed by atoms with Crippen molar-refractivity contribution in [2.45, 2.75) is 26.4 Å². The molecule has 0 aliphatic heterocycles. The van der Waals surface area contributed by atoms with Crippen LogP contribution in [-0.4, -0.2) is 27.6 Å². The van der Waals surface area contributed by atoms with Gasteiger partial charge in [-0.15, -0.1) is 11.3 Å². The van der Waals surface area contributed by atoms with E-state index < -0.39 is 6.04 Å². The summed E-state index contributed by atoms with van der Waals surface area (Å²) in [5.41, 5.74) is 2.81. The van der Waals surface area contributed by atoms with Gasteiger partial charge in [-0.25, -0.2) is 4.68 Å². The predicted octanol–water partition coefficient (Wildman–Crippen LogP) is 3.83.